The average molecular weight is 336 g/mol. The number of aromatic nitrogens is 3. The van der Waals surface area contributed by atoms with Crippen LogP contribution < -0.4 is 5.32 Å². The minimum Gasteiger partial charge on any atom is -0.447 e. The number of fused-ring (bicyclic) bond motifs is 2. The number of piperazine rings is 1. The molecule has 1 N–H and O–H groups in total. The minimum atomic E-state index is -0.282. The number of nitrogens with zero attached hydrogens (tertiary/aromatic N) is 5. The summed E-state index contributed by atoms with van der Waals surface area (Å²) in [6.07, 6.45) is 1.54. The predicted molar refractivity (Wildman–Crippen MR) is 81.3 cm³/mol. The van der Waals surface area contributed by atoms with Gasteiger partial charge in [0.2, 0.25) is 4.96 Å². The molecule has 1 atom stereocenters. The molecule has 0 saturated carbocycles. The summed E-state index contributed by atoms with van der Waals surface area (Å²) in [5.41, 5.74) is 0.773. The molecule has 2 aliphatic heterocycles. The molecule has 0 aliphatic carbocycles. The fraction of sp³-hybridized carbons (Fsp3) is 0.538. The number of amides is 3. The summed E-state index contributed by atoms with van der Waals surface area (Å²) >= 11 is 1.51. The Morgan fingerprint density at radius 2 is 2.39 bits per heavy atom. The summed E-state index contributed by atoms with van der Waals surface area (Å²) in [4.78, 5) is 32.4. The van der Waals surface area contributed by atoms with Crippen LogP contribution in [0, 0.1) is 6.92 Å². The van der Waals surface area contributed by atoms with Gasteiger partial charge in [-0.25, -0.2) is 19.1 Å². The van der Waals surface area contributed by atoms with Crippen LogP contribution in [-0.4, -0.2) is 68.8 Å². The van der Waals surface area contributed by atoms with Crippen molar-refractivity contribution < 1.29 is 14.3 Å². The van der Waals surface area contributed by atoms with Crippen LogP contribution in [0.25, 0.3) is 4.96 Å². The first-order valence-corrected chi connectivity index (χ1v) is 8.19. The van der Waals surface area contributed by atoms with Crippen LogP contribution in [-0.2, 0) is 11.3 Å². The van der Waals surface area contributed by atoms with E-state index in [0.29, 0.717) is 32.8 Å². The van der Waals surface area contributed by atoms with Gasteiger partial charge in [-0.15, -0.1) is 0 Å². The van der Waals surface area contributed by atoms with Crippen LogP contribution in [0.4, 0.5) is 9.59 Å². The Morgan fingerprint density at radius 3 is 3.22 bits per heavy atom. The zero-order valence-corrected chi connectivity index (χ0v) is 13.4. The third-order valence-electron chi connectivity index (χ3n) is 4.02. The van der Waals surface area contributed by atoms with Crippen LogP contribution in [0.15, 0.2) is 6.20 Å². The number of rotatable bonds is 2. The van der Waals surface area contributed by atoms with Crippen molar-refractivity contribution in [2.24, 2.45) is 0 Å². The van der Waals surface area contributed by atoms with Crippen LogP contribution >= 0.6 is 11.3 Å². The van der Waals surface area contributed by atoms with Crippen LogP contribution in [0.1, 0.15) is 10.7 Å². The summed E-state index contributed by atoms with van der Waals surface area (Å²) in [7, 11) is 0. The van der Waals surface area contributed by atoms with E-state index in [9.17, 15) is 9.59 Å². The lowest BCUT2D eigenvalue weighted by Crippen LogP contribution is -2.55. The second kappa shape index (κ2) is 5.37. The summed E-state index contributed by atoms with van der Waals surface area (Å²) in [5, 5.41) is 8.11. The molecule has 0 aromatic carbocycles. The Bertz CT molecular complexity index is 739. The molecule has 2 aromatic rings. The third kappa shape index (κ3) is 2.58. The number of carbonyl (C=O) groups is 2. The Morgan fingerprint density at radius 1 is 1.52 bits per heavy atom. The Kier molecular flexibility index (Phi) is 3.33. The van der Waals surface area contributed by atoms with E-state index in [2.05, 4.69) is 15.4 Å². The van der Waals surface area contributed by atoms with E-state index in [1.807, 2.05) is 13.1 Å². The zero-order chi connectivity index (χ0) is 16.0. The number of ether oxygens (including phenoxy) is 1. The standard InChI is InChI=1S/C13H16N6O3S/c1-8-16-19-5-9(15-12(19)23-8)4-14-11(20)17-2-3-18-10(6-17)7-22-13(18)21/h5,10H,2-4,6-7H2,1H3,(H,14,20)/t10-/m1/s1. The highest BCUT2D eigenvalue weighted by Gasteiger charge is 2.38. The zero-order valence-electron chi connectivity index (χ0n) is 12.6. The van der Waals surface area contributed by atoms with Crippen LogP contribution in [0.2, 0.25) is 0 Å². The molecule has 4 rings (SSSR count). The van der Waals surface area contributed by atoms with Crippen molar-refractivity contribution in [3.05, 3.63) is 16.9 Å². The number of cyclic esters (lactones) is 1. The topological polar surface area (TPSA) is 92.1 Å². The van der Waals surface area contributed by atoms with Gasteiger partial charge in [0.1, 0.15) is 11.6 Å². The van der Waals surface area contributed by atoms with Crippen molar-refractivity contribution in [3.63, 3.8) is 0 Å². The van der Waals surface area contributed by atoms with Crippen molar-refractivity contribution in [1.82, 2.24) is 29.7 Å². The summed E-state index contributed by atoms with van der Waals surface area (Å²) in [5.74, 6) is 0. The largest absolute Gasteiger partial charge is 0.447 e. The lowest BCUT2D eigenvalue weighted by molar-refractivity contribution is 0.127. The van der Waals surface area contributed by atoms with Crippen LogP contribution in [0.5, 0.6) is 0 Å². The first-order valence-electron chi connectivity index (χ1n) is 7.38. The highest BCUT2D eigenvalue weighted by atomic mass is 32.1. The lowest BCUT2D eigenvalue weighted by Gasteiger charge is -2.35. The van der Waals surface area contributed by atoms with Crippen molar-refractivity contribution >= 4 is 28.4 Å². The minimum absolute atomic E-state index is 0.0351. The lowest BCUT2D eigenvalue weighted by atomic mass is 10.2. The van der Waals surface area contributed by atoms with E-state index in [1.54, 1.807) is 14.3 Å². The first kappa shape index (κ1) is 14.2. The van der Waals surface area contributed by atoms with Gasteiger partial charge in [0.25, 0.3) is 0 Å². The van der Waals surface area contributed by atoms with Gasteiger partial charge >= 0.3 is 12.1 Å². The first-order chi connectivity index (χ1) is 11.1. The number of nitrogens with one attached hydrogen (secondary N) is 1. The molecule has 2 aromatic heterocycles. The van der Waals surface area contributed by atoms with Gasteiger partial charge in [-0.05, 0) is 6.92 Å². The molecule has 122 valence electrons. The fourth-order valence-corrected chi connectivity index (χ4v) is 3.62. The van der Waals surface area contributed by atoms with E-state index in [1.165, 1.54) is 11.3 Å². The van der Waals surface area contributed by atoms with E-state index in [0.717, 1.165) is 15.7 Å². The maximum absolute atomic E-state index is 12.3. The summed E-state index contributed by atoms with van der Waals surface area (Å²) < 4.78 is 6.73. The molecule has 4 heterocycles. The molecule has 0 radical (unpaired) electrons. The SMILES string of the molecule is Cc1nn2cc(CNC(=O)N3CCN4C(=O)OC[C@H]4C3)nc2s1. The van der Waals surface area contributed by atoms with Gasteiger partial charge in [0.05, 0.1) is 24.5 Å². The highest BCUT2D eigenvalue weighted by molar-refractivity contribution is 7.16. The van der Waals surface area contributed by atoms with E-state index in [-0.39, 0.29) is 18.2 Å². The van der Waals surface area contributed by atoms with Crippen molar-refractivity contribution in [3.8, 4) is 0 Å². The molecule has 10 heteroatoms. The molecule has 2 saturated heterocycles. The molecule has 23 heavy (non-hydrogen) atoms. The van der Waals surface area contributed by atoms with Crippen LogP contribution in [0.3, 0.4) is 0 Å². The highest BCUT2D eigenvalue weighted by Crippen LogP contribution is 2.18. The molecule has 9 nitrogen and oxygen atoms in total. The van der Waals surface area contributed by atoms with Crippen molar-refractivity contribution in [1.29, 1.82) is 0 Å². The predicted octanol–water partition coefficient (Wildman–Crippen LogP) is 0.445. The van der Waals surface area contributed by atoms with E-state index >= 15 is 0 Å². The fourth-order valence-electron chi connectivity index (χ4n) is 2.88. The maximum Gasteiger partial charge on any atom is 0.410 e. The van der Waals surface area contributed by atoms with Gasteiger partial charge in [-0.3, -0.25) is 4.90 Å². The Hall–Kier alpha value is -2.36. The quantitative estimate of drug-likeness (QED) is 0.859. The number of carbonyl (C=O) groups excluding carboxylic acids is 2. The molecule has 0 bridgehead atoms. The van der Waals surface area contributed by atoms with Gasteiger partial charge in [-0.1, -0.05) is 11.3 Å². The molecule has 2 fully saturated rings. The van der Waals surface area contributed by atoms with Gasteiger partial charge in [-0.2, -0.15) is 5.10 Å². The smallest absolute Gasteiger partial charge is 0.410 e. The summed E-state index contributed by atoms with van der Waals surface area (Å²) in [6.45, 7) is 4.16. The number of imidazole rings is 1. The Balaban J connectivity index is 1.34. The third-order valence-corrected chi connectivity index (χ3v) is 4.86. The maximum atomic E-state index is 12.3. The molecule has 0 unspecified atom stereocenters. The molecule has 3 amide bonds. The number of hydrogen-bond acceptors (Lipinski definition) is 6. The number of urea groups is 1. The summed E-state index contributed by atoms with van der Waals surface area (Å²) in [6, 6.07) is -0.184. The number of aryl methyl sites for hydroxylation is 1. The van der Waals surface area contributed by atoms with Gasteiger partial charge in [0.15, 0.2) is 0 Å². The Labute approximate surface area is 135 Å². The van der Waals surface area contributed by atoms with E-state index < -0.39 is 0 Å². The molecule has 0 spiro atoms. The second-order valence-electron chi connectivity index (χ2n) is 5.61. The second-order valence-corrected chi connectivity index (χ2v) is 6.77. The van der Waals surface area contributed by atoms with Gasteiger partial charge in [0, 0.05) is 19.6 Å². The normalized spacial score (nSPS) is 20.7. The number of hydrogen-bond donors (Lipinski definition) is 1. The molecule has 2 aliphatic rings. The van der Waals surface area contributed by atoms with Gasteiger partial charge < -0.3 is 15.0 Å². The van der Waals surface area contributed by atoms with E-state index in [4.69, 9.17) is 4.74 Å². The molecular formula is C13H16N6O3S. The monoisotopic (exact) mass is 336 g/mol. The van der Waals surface area contributed by atoms with Crippen molar-refractivity contribution in [2.75, 3.05) is 26.2 Å². The average Bonchev–Trinajstić information content (AvgIpc) is 3.17. The van der Waals surface area contributed by atoms with Crippen molar-refractivity contribution in [2.45, 2.75) is 19.5 Å². The molecular weight excluding hydrogens is 320 g/mol.